The number of hydrogen-bond donors (Lipinski definition) is 4. The van der Waals surface area contributed by atoms with Gasteiger partial charge in [0, 0.05) is 121 Å². The van der Waals surface area contributed by atoms with E-state index in [9.17, 15) is 74.7 Å². The molecule has 16 aromatic heterocycles. The summed E-state index contributed by atoms with van der Waals surface area (Å²) < 4.78 is 136. The Labute approximate surface area is 857 Å². The summed E-state index contributed by atoms with van der Waals surface area (Å²) in [6, 6.07) is 22.6. The lowest BCUT2D eigenvalue weighted by Crippen LogP contribution is -2.23. The number of hydrogen-bond acceptors (Lipinski definition) is 28. The predicted octanol–water partition coefficient (Wildman–Crippen LogP) is 18.6. The van der Waals surface area contributed by atoms with Crippen molar-refractivity contribution in [3.05, 3.63) is 371 Å². The number of aliphatic hydroxyl groups excluding tert-OH is 4. The van der Waals surface area contributed by atoms with Crippen molar-refractivity contribution in [3.8, 4) is 91.3 Å². The molecular weight excluding hydrogens is 2020 g/mol. The van der Waals surface area contributed by atoms with Crippen molar-refractivity contribution in [2.24, 2.45) is 23.7 Å². The van der Waals surface area contributed by atoms with Crippen LogP contribution in [0.3, 0.4) is 0 Å². The van der Waals surface area contributed by atoms with E-state index in [2.05, 4.69) is 79.7 Å². The lowest BCUT2D eigenvalue weighted by Gasteiger charge is -2.17. The van der Waals surface area contributed by atoms with Crippen molar-refractivity contribution in [1.29, 1.82) is 0 Å². The first-order chi connectivity index (χ1) is 70.9. The molecule has 0 saturated heterocycles. The number of halogens is 12. The SMILES string of the molecule is Cc1cnc(-c2ccnc([C@@H](O)C3CC3)n2)cc1-n1c(C)cc(OCc2ncc(F)cc2F)c(Cl)c1=O.Cc1cnc(-c2ccnc([C@@H](O)C3CC3)n2)cc1-n1c(C)cc(OCc2ncc(F)cc2F)c(Cl)c1=O.Cc1cnc(-c2ccnc([C@H](O)C3CC3)n2)cc1-n1c(C)cc(OCc2ncc(F)cc2F)c(Cl)c1=O.Cc1cnc(-c2ccnc([C@H](O)C3CC3)n2)cc1-n1c(C)cc(OCc2ncc(F)cc2F)c(Cl)c1=O. The van der Waals surface area contributed by atoms with Crippen LogP contribution in [0, 0.1) is 126 Å². The van der Waals surface area contributed by atoms with Gasteiger partial charge in [-0.15, -0.1) is 0 Å². The van der Waals surface area contributed by atoms with Gasteiger partial charge < -0.3 is 39.4 Å². The summed E-state index contributed by atoms with van der Waals surface area (Å²) in [6.07, 6.45) is 21.0. The van der Waals surface area contributed by atoms with Crippen molar-refractivity contribution >= 4 is 46.4 Å². The van der Waals surface area contributed by atoms with Gasteiger partial charge >= 0.3 is 0 Å². The van der Waals surface area contributed by atoms with E-state index in [1.807, 2.05) is 27.7 Å². The lowest BCUT2D eigenvalue weighted by atomic mass is 10.1. The molecule has 16 aromatic rings. The molecule has 20 rings (SSSR count). The Kier molecular flexibility index (Phi) is 31.5. The van der Waals surface area contributed by atoms with Gasteiger partial charge in [0.2, 0.25) is 0 Å². The third-order valence-corrected chi connectivity index (χ3v) is 25.9. The maximum atomic E-state index is 13.9. The Morgan fingerprint density at radius 2 is 0.480 bits per heavy atom. The molecule has 0 bridgehead atoms. The number of aliphatic hydroxyl groups is 4. The minimum absolute atomic E-state index is 0.0485. The van der Waals surface area contributed by atoms with Crippen LogP contribution in [-0.2, 0) is 26.4 Å². The molecule has 0 radical (unpaired) electrons. The molecule has 4 aliphatic carbocycles. The summed E-state index contributed by atoms with van der Waals surface area (Å²) in [5.41, 5.74) is 8.37. The van der Waals surface area contributed by atoms with Gasteiger partial charge in [-0.1, -0.05) is 46.4 Å². The monoisotopic (exact) mass is 2100 g/mol. The second-order valence-corrected chi connectivity index (χ2v) is 37.2. The van der Waals surface area contributed by atoms with Crippen LogP contribution >= 0.6 is 46.4 Å². The Morgan fingerprint density at radius 1 is 0.284 bits per heavy atom. The van der Waals surface area contributed by atoms with Crippen LogP contribution in [0.4, 0.5) is 35.1 Å². The molecule has 0 unspecified atom stereocenters. The zero-order valence-corrected chi connectivity index (χ0v) is 82.8. The minimum Gasteiger partial charge on any atom is -0.485 e. The Balaban J connectivity index is 0.000000135. The Hall–Kier alpha value is -15.0. The van der Waals surface area contributed by atoms with E-state index in [4.69, 9.17) is 65.4 Å². The third kappa shape index (κ3) is 23.8. The van der Waals surface area contributed by atoms with Crippen LogP contribution < -0.4 is 41.2 Å². The predicted molar refractivity (Wildman–Crippen MR) is 526 cm³/mol. The molecule has 4 saturated carbocycles. The van der Waals surface area contributed by atoms with Crippen LogP contribution in [-0.4, -0.2) is 118 Å². The van der Waals surface area contributed by atoms with Gasteiger partial charge in [-0.25, -0.2) is 75.0 Å². The topological polar surface area (TPSA) is 412 Å². The van der Waals surface area contributed by atoms with Crippen LogP contribution in [0.5, 0.6) is 23.0 Å². The van der Waals surface area contributed by atoms with E-state index in [-0.39, 0.29) is 116 Å². The molecule has 148 heavy (non-hydrogen) atoms. The molecule has 0 aliphatic heterocycles. The summed E-state index contributed by atoms with van der Waals surface area (Å²) in [4.78, 5) is 120. The first kappa shape index (κ1) is 104. The van der Waals surface area contributed by atoms with Gasteiger partial charge in [0.05, 0.1) is 93.1 Å². The highest BCUT2D eigenvalue weighted by Gasteiger charge is 2.37. The first-order valence-corrected chi connectivity index (χ1v) is 47.7. The van der Waals surface area contributed by atoms with Gasteiger partial charge in [-0.05, 0) is 201 Å². The Bertz CT molecular complexity index is 7160. The number of ether oxygens (including phenoxy) is 4. The van der Waals surface area contributed by atoms with E-state index in [1.54, 1.807) is 150 Å². The van der Waals surface area contributed by atoms with E-state index < -0.39 is 93.2 Å². The highest BCUT2D eigenvalue weighted by molar-refractivity contribution is 6.33. The number of rotatable bonds is 28. The van der Waals surface area contributed by atoms with Crippen molar-refractivity contribution < 1.29 is 74.5 Å². The third-order valence-electron chi connectivity index (χ3n) is 24.5. The van der Waals surface area contributed by atoms with Crippen molar-refractivity contribution in [1.82, 2.24) is 98.0 Å². The molecular formula is C104H88Cl4F8N20O12. The van der Waals surface area contributed by atoms with Gasteiger partial charge in [0.1, 0.15) is 140 Å². The number of pyridine rings is 12. The average molecular weight is 2100 g/mol. The molecule has 4 aliphatic rings. The molecule has 0 spiro atoms. The second kappa shape index (κ2) is 44.7. The van der Waals surface area contributed by atoms with E-state index in [1.165, 1.54) is 18.3 Å². The minimum atomic E-state index is -0.862. The van der Waals surface area contributed by atoms with Crippen LogP contribution in [0.15, 0.2) is 191 Å². The number of aromatic nitrogens is 20. The van der Waals surface area contributed by atoms with E-state index >= 15 is 0 Å². The average Bonchev–Trinajstić information content (AvgIpc) is 0.847. The van der Waals surface area contributed by atoms with Crippen molar-refractivity contribution in [2.75, 3.05) is 0 Å². The summed E-state index contributed by atoms with van der Waals surface area (Å²) >= 11 is 25.4. The van der Waals surface area contributed by atoms with Gasteiger partial charge in [0.15, 0.2) is 46.6 Å². The zero-order valence-electron chi connectivity index (χ0n) is 79.8. The van der Waals surface area contributed by atoms with E-state index in [0.29, 0.717) is 161 Å². The molecule has 4 atom stereocenters. The maximum absolute atomic E-state index is 13.9. The smallest absolute Gasteiger partial charge is 0.277 e. The summed E-state index contributed by atoms with van der Waals surface area (Å²) in [5.74, 6) is -4.40. The summed E-state index contributed by atoms with van der Waals surface area (Å²) in [7, 11) is 0. The zero-order chi connectivity index (χ0) is 105. The molecule has 760 valence electrons. The molecule has 0 aromatic carbocycles. The second-order valence-electron chi connectivity index (χ2n) is 35.7. The number of nitrogens with zero attached hydrogens (tertiary/aromatic N) is 20. The van der Waals surface area contributed by atoms with Crippen molar-refractivity contribution in [3.63, 3.8) is 0 Å². The molecule has 16 heterocycles. The highest BCUT2D eigenvalue weighted by Crippen LogP contribution is 2.45. The number of aryl methyl sites for hydroxylation is 8. The fourth-order valence-electron chi connectivity index (χ4n) is 15.8. The van der Waals surface area contributed by atoms with Crippen molar-refractivity contribution in [2.45, 2.75) is 158 Å². The normalized spacial score (nSPS) is 14.0. The molecule has 0 amide bonds. The standard InChI is InChI=1S/4C26H22ClF2N5O3/c4*1-13-10-31-19(18-5-6-30-25(33-18)24(35)15-3-4-15)9-21(13)34-14(2)7-22(23(27)26(34)36)37-12-20-17(29)8-16(28)11-32-20/h4*5-11,15,24,35H,3-4,12H2,1-2H3/t4*24-/m1100/s1. The largest absolute Gasteiger partial charge is 0.485 e. The summed E-state index contributed by atoms with van der Waals surface area (Å²) in [6.45, 7) is 12.7. The van der Waals surface area contributed by atoms with Crippen LogP contribution in [0.25, 0.3) is 68.3 Å². The van der Waals surface area contributed by atoms with Gasteiger partial charge in [0.25, 0.3) is 22.2 Å². The molecule has 4 N–H and O–H groups in total. The van der Waals surface area contributed by atoms with Crippen LogP contribution in [0.2, 0.25) is 20.1 Å². The molecule has 44 heteroatoms. The lowest BCUT2D eigenvalue weighted by molar-refractivity contribution is 0.144. The molecule has 4 fully saturated rings. The van der Waals surface area contributed by atoms with Gasteiger partial charge in [-0.3, -0.25) is 77.3 Å². The molecule has 32 nitrogen and oxygen atoms in total. The quantitative estimate of drug-likeness (QED) is 0.0331. The highest BCUT2D eigenvalue weighted by atomic mass is 35.5. The fraction of sp³-hybridized carbons (Fsp3) is 0.269. The Morgan fingerprint density at radius 3 is 0.662 bits per heavy atom. The van der Waals surface area contributed by atoms with Crippen LogP contribution in [0.1, 0.15) is 167 Å². The maximum Gasteiger partial charge on any atom is 0.277 e. The fourth-order valence-corrected chi connectivity index (χ4v) is 16.6. The van der Waals surface area contributed by atoms with E-state index in [0.717, 1.165) is 76.2 Å². The van der Waals surface area contributed by atoms with Gasteiger partial charge in [-0.2, -0.15) is 0 Å². The first-order valence-electron chi connectivity index (χ1n) is 46.2. The summed E-state index contributed by atoms with van der Waals surface area (Å²) in [5, 5.41) is 40.9.